The van der Waals surface area contributed by atoms with Crippen LogP contribution < -0.4 is 5.43 Å². The number of carbonyl (C=O) groups excluding carboxylic acids is 1. The second kappa shape index (κ2) is 5.62. The third kappa shape index (κ3) is 4.02. The SMILES string of the molecule is CCC(=O)N/N=C(/c1ccccc1)C(C)(C)C. The van der Waals surface area contributed by atoms with Crippen molar-refractivity contribution in [3.63, 3.8) is 0 Å². The largest absolute Gasteiger partial charge is 0.273 e. The van der Waals surface area contributed by atoms with Gasteiger partial charge >= 0.3 is 0 Å². The predicted molar refractivity (Wildman–Crippen MR) is 70.9 cm³/mol. The highest BCUT2D eigenvalue weighted by Crippen LogP contribution is 2.21. The van der Waals surface area contributed by atoms with Crippen LogP contribution in [0.15, 0.2) is 35.4 Å². The van der Waals surface area contributed by atoms with Crippen molar-refractivity contribution >= 4 is 11.6 Å². The van der Waals surface area contributed by atoms with Crippen LogP contribution in [-0.2, 0) is 4.79 Å². The number of nitrogens with one attached hydrogen (secondary N) is 1. The van der Waals surface area contributed by atoms with Gasteiger partial charge in [0.05, 0.1) is 5.71 Å². The van der Waals surface area contributed by atoms with Gasteiger partial charge in [0.15, 0.2) is 0 Å². The van der Waals surface area contributed by atoms with Crippen LogP contribution in [0.25, 0.3) is 0 Å². The highest BCUT2D eigenvalue weighted by molar-refractivity contribution is 6.04. The third-order valence-corrected chi connectivity index (χ3v) is 2.37. The average molecular weight is 232 g/mol. The molecule has 0 atom stereocenters. The second-order valence-electron chi connectivity index (χ2n) is 4.96. The summed E-state index contributed by atoms with van der Waals surface area (Å²) >= 11 is 0. The zero-order valence-corrected chi connectivity index (χ0v) is 10.9. The molecule has 3 nitrogen and oxygen atoms in total. The van der Waals surface area contributed by atoms with Crippen molar-refractivity contribution in [3.8, 4) is 0 Å². The van der Waals surface area contributed by atoms with Crippen LogP contribution >= 0.6 is 0 Å². The van der Waals surface area contributed by atoms with Crippen molar-refractivity contribution in [1.82, 2.24) is 5.43 Å². The van der Waals surface area contributed by atoms with E-state index in [1.54, 1.807) is 0 Å². The van der Waals surface area contributed by atoms with Gasteiger partial charge in [-0.3, -0.25) is 4.79 Å². The standard InChI is InChI=1S/C14H20N2O/c1-5-12(17)15-16-13(14(2,3)4)11-9-7-6-8-10-11/h6-10H,5H2,1-4H3,(H,15,17)/b16-13-. The summed E-state index contributed by atoms with van der Waals surface area (Å²) in [6.45, 7) is 8.05. The molecule has 0 aliphatic rings. The van der Waals surface area contributed by atoms with Crippen molar-refractivity contribution in [2.75, 3.05) is 0 Å². The molecular formula is C14H20N2O. The van der Waals surface area contributed by atoms with Gasteiger partial charge in [-0.2, -0.15) is 5.10 Å². The molecule has 0 aromatic heterocycles. The molecule has 0 unspecified atom stereocenters. The minimum absolute atomic E-state index is 0.0670. The van der Waals surface area contributed by atoms with E-state index in [1.807, 2.05) is 37.3 Å². The Balaban J connectivity index is 3.02. The summed E-state index contributed by atoms with van der Waals surface area (Å²) in [4.78, 5) is 11.3. The lowest BCUT2D eigenvalue weighted by atomic mass is 9.86. The fourth-order valence-corrected chi connectivity index (χ4v) is 1.46. The van der Waals surface area contributed by atoms with Gasteiger partial charge < -0.3 is 0 Å². The van der Waals surface area contributed by atoms with E-state index in [2.05, 4.69) is 31.3 Å². The molecule has 3 heteroatoms. The third-order valence-electron chi connectivity index (χ3n) is 2.37. The number of hydrogen-bond donors (Lipinski definition) is 1. The summed E-state index contributed by atoms with van der Waals surface area (Å²) in [5.74, 6) is -0.0670. The Labute approximate surface area is 103 Å². The van der Waals surface area contributed by atoms with Gasteiger partial charge in [-0.15, -0.1) is 0 Å². The first-order valence-corrected chi connectivity index (χ1v) is 5.87. The van der Waals surface area contributed by atoms with Crippen LogP contribution in [0.2, 0.25) is 0 Å². The molecule has 0 spiro atoms. The van der Waals surface area contributed by atoms with Crippen LogP contribution in [0.1, 0.15) is 39.7 Å². The van der Waals surface area contributed by atoms with Gasteiger partial charge in [0.25, 0.3) is 0 Å². The van der Waals surface area contributed by atoms with E-state index in [0.717, 1.165) is 11.3 Å². The molecule has 1 rings (SSSR count). The van der Waals surface area contributed by atoms with E-state index in [0.29, 0.717) is 6.42 Å². The molecule has 0 radical (unpaired) electrons. The van der Waals surface area contributed by atoms with Crippen LogP contribution in [0, 0.1) is 5.41 Å². The molecule has 92 valence electrons. The summed E-state index contributed by atoms with van der Waals surface area (Å²) < 4.78 is 0. The average Bonchev–Trinajstić information content (AvgIpc) is 2.28. The van der Waals surface area contributed by atoms with Gasteiger partial charge in [0.2, 0.25) is 5.91 Å². The lowest BCUT2D eigenvalue weighted by molar-refractivity contribution is -0.120. The molecule has 0 saturated heterocycles. The van der Waals surface area contributed by atoms with E-state index in [4.69, 9.17) is 0 Å². The number of carbonyl (C=O) groups is 1. The molecule has 1 N–H and O–H groups in total. The smallest absolute Gasteiger partial charge is 0.239 e. The maximum absolute atomic E-state index is 11.3. The van der Waals surface area contributed by atoms with E-state index < -0.39 is 0 Å². The Bertz CT molecular complexity index is 402. The lowest BCUT2D eigenvalue weighted by Gasteiger charge is -2.21. The summed E-state index contributed by atoms with van der Waals surface area (Å²) in [5, 5.41) is 4.25. The zero-order chi connectivity index (χ0) is 12.9. The van der Waals surface area contributed by atoms with Gasteiger partial charge in [0.1, 0.15) is 0 Å². The summed E-state index contributed by atoms with van der Waals surface area (Å²) in [7, 11) is 0. The number of benzene rings is 1. The van der Waals surface area contributed by atoms with Gasteiger partial charge in [-0.25, -0.2) is 5.43 Å². The maximum Gasteiger partial charge on any atom is 0.239 e. The van der Waals surface area contributed by atoms with Crippen molar-refractivity contribution in [2.45, 2.75) is 34.1 Å². The molecule has 1 aromatic rings. The first-order valence-electron chi connectivity index (χ1n) is 5.87. The first-order chi connectivity index (χ1) is 7.95. The van der Waals surface area contributed by atoms with Crippen molar-refractivity contribution in [1.29, 1.82) is 0 Å². The number of nitrogens with zero attached hydrogens (tertiary/aromatic N) is 1. The normalized spacial score (nSPS) is 12.4. The van der Waals surface area contributed by atoms with Crippen molar-refractivity contribution in [3.05, 3.63) is 35.9 Å². The predicted octanol–water partition coefficient (Wildman–Crippen LogP) is 2.96. The number of rotatable bonds is 3. The highest BCUT2D eigenvalue weighted by Gasteiger charge is 2.21. The fourth-order valence-electron chi connectivity index (χ4n) is 1.46. The minimum atomic E-state index is -0.109. The van der Waals surface area contributed by atoms with Crippen molar-refractivity contribution in [2.24, 2.45) is 10.5 Å². The molecule has 1 amide bonds. The Kier molecular flexibility index (Phi) is 4.44. The van der Waals surface area contributed by atoms with Gasteiger partial charge in [-0.1, -0.05) is 58.0 Å². The number of hydrazone groups is 1. The Morgan fingerprint density at radius 3 is 2.29 bits per heavy atom. The monoisotopic (exact) mass is 232 g/mol. The quantitative estimate of drug-likeness (QED) is 0.631. The molecule has 0 bridgehead atoms. The number of amides is 1. The second-order valence-corrected chi connectivity index (χ2v) is 4.96. The molecule has 0 heterocycles. The van der Waals surface area contributed by atoms with Crippen LogP contribution in [0.3, 0.4) is 0 Å². The van der Waals surface area contributed by atoms with Crippen LogP contribution in [-0.4, -0.2) is 11.6 Å². The van der Waals surface area contributed by atoms with Crippen LogP contribution in [0.4, 0.5) is 0 Å². The van der Waals surface area contributed by atoms with Crippen molar-refractivity contribution < 1.29 is 4.79 Å². The molecule has 17 heavy (non-hydrogen) atoms. The topological polar surface area (TPSA) is 41.5 Å². The van der Waals surface area contributed by atoms with Gasteiger partial charge in [0, 0.05) is 11.8 Å². The summed E-state index contributed by atoms with van der Waals surface area (Å²) in [6, 6.07) is 9.91. The van der Waals surface area contributed by atoms with E-state index >= 15 is 0 Å². The van der Waals surface area contributed by atoms with E-state index in [9.17, 15) is 4.79 Å². The van der Waals surface area contributed by atoms with Crippen LogP contribution in [0.5, 0.6) is 0 Å². The zero-order valence-electron chi connectivity index (χ0n) is 10.9. The molecular weight excluding hydrogens is 212 g/mol. The fraction of sp³-hybridized carbons (Fsp3) is 0.429. The minimum Gasteiger partial charge on any atom is -0.273 e. The Morgan fingerprint density at radius 1 is 1.24 bits per heavy atom. The lowest BCUT2D eigenvalue weighted by Crippen LogP contribution is -2.27. The summed E-state index contributed by atoms with van der Waals surface area (Å²) in [6.07, 6.45) is 0.440. The van der Waals surface area contributed by atoms with E-state index in [-0.39, 0.29) is 11.3 Å². The summed E-state index contributed by atoms with van der Waals surface area (Å²) in [5.41, 5.74) is 4.40. The Hall–Kier alpha value is -1.64. The molecule has 0 fully saturated rings. The molecule has 0 aliphatic heterocycles. The van der Waals surface area contributed by atoms with Gasteiger partial charge in [-0.05, 0) is 5.56 Å². The molecule has 0 aliphatic carbocycles. The molecule has 1 aromatic carbocycles. The molecule has 0 saturated carbocycles. The highest BCUT2D eigenvalue weighted by atomic mass is 16.2. The Morgan fingerprint density at radius 2 is 1.82 bits per heavy atom. The van der Waals surface area contributed by atoms with E-state index in [1.165, 1.54) is 0 Å². The maximum atomic E-state index is 11.3. The number of hydrogen-bond acceptors (Lipinski definition) is 2. The first kappa shape index (κ1) is 13.4.